The van der Waals surface area contributed by atoms with Crippen LogP contribution in [0.15, 0.2) is 96.0 Å². The van der Waals surface area contributed by atoms with Gasteiger partial charge in [-0.15, -0.1) is 0 Å². The lowest BCUT2D eigenvalue weighted by atomic mass is 10.1. The highest BCUT2D eigenvalue weighted by atomic mass is 16.6. The minimum Gasteiger partial charge on any atom is -0.493 e. The van der Waals surface area contributed by atoms with Gasteiger partial charge in [-0.1, -0.05) is 36.4 Å². The molecule has 10 rings (SSSR count). The predicted molar refractivity (Wildman–Crippen MR) is 254 cm³/mol. The number of amides is 2. The molecule has 1 fully saturated rings. The number of hydrogen-bond donors (Lipinski definition) is 0. The number of benzene rings is 5. The summed E-state index contributed by atoms with van der Waals surface area (Å²) in [5, 5.41) is 0. The van der Waals surface area contributed by atoms with E-state index < -0.39 is 12.1 Å². The number of aliphatic imine (C=N–C) groups is 1. The average Bonchev–Trinajstić information content (AvgIpc) is 3.95. The van der Waals surface area contributed by atoms with Crippen molar-refractivity contribution in [3.8, 4) is 17.2 Å². The van der Waals surface area contributed by atoms with Crippen LogP contribution >= 0.6 is 0 Å². The van der Waals surface area contributed by atoms with Crippen LogP contribution in [0, 0.1) is 6.92 Å². The fraction of sp³-hybridized carbons (Fsp3) is 0.321. The molecule has 5 aliphatic rings. The zero-order chi connectivity index (χ0) is 46.5. The highest BCUT2D eigenvalue weighted by molar-refractivity contribution is 6.15. The van der Waals surface area contributed by atoms with Crippen molar-refractivity contribution in [1.82, 2.24) is 0 Å². The minimum absolute atomic E-state index is 0.00920. The van der Waals surface area contributed by atoms with Crippen LogP contribution in [0.3, 0.4) is 0 Å². The maximum Gasteiger partial charge on any atom is 0.307 e. The molecule has 0 spiro atoms. The molecule has 1 aliphatic carbocycles. The Morgan fingerprint density at radius 3 is 2.12 bits per heavy atom. The van der Waals surface area contributed by atoms with E-state index in [2.05, 4.69) is 17.0 Å². The summed E-state index contributed by atoms with van der Waals surface area (Å²) in [7, 11) is 5.47. The number of methoxy groups -OCH3 is 1. The Kier molecular flexibility index (Phi) is 11.5. The second-order valence-corrected chi connectivity index (χ2v) is 18.0. The van der Waals surface area contributed by atoms with Crippen LogP contribution in [0.25, 0.3) is 0 Å². The highest BCUT2D eigenvalue weighted by Gasteiger charge is 2.40. The van der Waals surface area contributed by atoms with E-state index in [1.807, 2.05) is 115 Å². The van der Waals surface area contributed by atoms with Crippen molar-refractivity contribution < 1.29 is 42.9 Å². The quantitative estimate of drug-likeness (QED) is 0.0854. The van der Waals surface area contributed by atoms with Gasteiger partial charge in [0.25, 0.3) is 11.8 Å². The second kappa shape index (κ2) is 17.7. The number of para-hydroxylation sites is 2. The van der Waals surface area contributed by atoms with Crippen LogP contribution < -0.4 is 33.8 Å². The Morgan fingerprint density at radius 2 is 1.40 bits per heavy atom. The van der Waals surface area contributed by atoms with Gasteiger partial charge in [-0.2, -0.15) is 0 Å². The molecule has 2 atom stereocenters. The summed E-state index contributed by atoms with van der Waals surface area (Å²) in [4.78, 5) is 77.6. The minimum atomic E-state index is -1.29. The van der Waals surface area contributed by atoms with E-state index in [-0.39, 0.29) is 67.9 Å². The van der Waals surface area contributed by atoms with Gasteiger partial charge >= 0.3 is 5.97 Å². The van der Waals surface area contributed by atoms with Gasteiger partial charge < -0.3 is 33.6 Å². The zero-order valence-electron chi connectivity index (χ0n) is 38.0. The van der Waals surface area contributed by atoms with Crippen molar-refractivity contribution in [1.29, 1.82) is 0 Å². The monoisotopic (exact) mass is 901 g/mol. The molecule has 342 valence electrons. The molecule has 5 aromatic carbocycles. The van der Waals surface area contributed by atoms with Crippen LogP contribution in [0.2, 0.25) is 0 Å². The van der Waals surface area contributed by atoms with Gasteiger partial charge in [0.1, 0.15) is 19.0 Å². The van der Waals surface area contributed by atoms with Crippen molar-refractivity contribution in [2.45, 2.75) is 76.9 Å². The fourth-order valence-corrected chi connectivity index (χ4v) is 9.99. The first kappa shape index (κ1) is 43.4. The number of nitrogens with zero attached hydrogens (tertiary/aromatic N) is 5. The lowest BCUT2D eigenvalue weighted by molar-refractivity contribution is -0.157. The van der Waals surface area contributed by atoms with E-state index in [4.69, 9.17) is 23.9 Å². The number of anilines is 4. The van der Waals surface area contributed by atoms with E-state index in [0.717, 1.165) is 57.0 Å². The van der Waals surface area contributed by atoms with Crippen LogP contribution in [-0.2, 0) is 45.2 Å². The Balaban J connectivity index is 0.893. The van der Waals surface area contributed by atoms with Crippen molar-refractivity contribution in [2.24, 2.45) is 4.99 Å². The lowest BCUT2D eigenvalue weighted by Crippen LogP contribution is -2.41. The maximum absolute atomic E-state index is 14.2. The molecule has 14 nitrogen and oxygen atoms in total. The smallest absolute Gasteiger partial charge is 0.307 e. The number of Topliss-reactive ketones (excluding diaryl/α,β-unsaturated/α-hetero) is 2. The summed E-state index contributed by atoms with van der Waals surface area (Å²) in [6.07, 6.45) is 2.69. The van der Waals surface area contributed by atoms with Crippen LogP contribution in [0.5, 0.6) is 17.2 Å². The standard InChI is InChI=1S/C53H51N5O9/c1-31-18-39-41(54-27-37-22-34-10-5-7-12-42(34)57(37)52(39)62)25-47(31)65-29-32-19-33(21-36(20-32)55(2)17-9-14-50(61)67-51-45(59)15-16-46(51)60)30-66-49-26-44-40(24-48(49)64-4)53(63)58-38(28-56(44)3)23-35-11-6-8-13-43(35)58/h5-8,10-13,18-21,24-27,37-38,51H,9,14-17,22-23,28-30H2,1-4H3/t37-,38-/m0/s1. The lowest BCUT2D eigenvalue weighted by Gasteiger charge is -2.25. The number of ketones is 2. The third-order valence-corrected chi connectivity index (χ3v) is 13.4. The maximum atomic E-state index is 14.2. The number of likely N-dealkylation sites (N-methyl/N-ethyl adjacent to an activating group) is 1. The molecule has 0 aromatic heterocycles. The van der Waals surface area contributed by atoms with Crippen LogP contribution in [0.4, 0.5) is 28.4 Å². The number of ether oxygens (including phenoxy) is 4. The SMILES string of the molecule is COc1cc2c(cc1OCc1cc(COc3cc4c(cc3C)C(=O)N3c5ccccc5C[C@H]3C=N4)cc(N(C)CCCC(=O)OC3C(=O)CCC3=O)c1)N(C)C[C@@H]1Cc3ccccc3N1C2=O. The topological polar surface area (TPSA) is 148 Å². The summed E-state index contributed by atoms with van der Waals surface area (Å²) in [5.74, 6) is 0.0415. The molecule has 0 N–H and O–H groups in total. The molecule has 0 unspecified atom stereocenters. The molecular formula is C53H51N5O9. The average molecular weight is 902 g/mol. The largest absolute Gasteiger partial charge is 0.493 e. The van der Waals surface area contributed by atoms with E-state index >= 15 is 0 Å². The molecule has 4 aliphatic heterocycles. The molecule has 0 bridgehead atoms. The number of fused-ring (bicyclic) bond motifs is 8. The Hall–Kier alpha value is -7.48. The highest BCUT2D eigenvalue weighted by Crippen LogP contribution is 2.43. The number of esters is 1. The van der Waals surface area contributed by atoms with E-state index in [9.17, 15) is 24.0 Å². The normalized spacial score (nSPS) is 18.1. The number of carbonyl (C=O) groups is 5. The molecule has 14 heteroatoms. The van der Waals surface area contributed by atoms with Gasteiger partial charge in [-0.05, 0) is 90.0 Å². The molecule has 0 saturated heterocycles. The summed E-state index contributed by atoms with van der Waals surface area (Å²) in [6.45, 7) is 3.35. The van der Waals surface area contributed by atoms with Gasteiger partial charge in [0, 0.05) is 88.3 Å². The number of rotatable bonds is 13. The van der Waals surface area contributed by atoms with Crippen molar-refractivity contribution >= 4 is 64.0 Å². The number of aryl methyl sites for hydroxylation is 1. The summed E-state index contributed by atoms with van der Waals surface area (Å²) in [6, 6.07) is 29.2. The van der Waals surface area contributed by atoms with Gasteiger partial charge in [0.15, 0.2) is 23.1 Å². The number of hydrogen-bond acceptors (Lipinski definition) is 12. The molecule has 5 aromatic rings. The van der Waals surface area contributed by atoms with E-state index in [1.165, 1.54) is 0 Å². The fourth-order valence-electron chi connectivity index (χ4n) is 9.99. The Morgan fingerprint density at radius 1 is 0.746 bits per heavy atom. The molecule has 1 saturated carbocycles. The van der Waals surface area contributed by atoms with Crippen molar-refractivity contribution in [3.05, 3.63) is 130 Å². The molecule has 67 heavy (non-hydrogen) atoms. The van der Waals surface area contributed by atoms with Gasteiger partial charge in [-0.25, -0.2) is 0 Å². The van der Waals surface area contributed by atoms with Crippen LogP contribution in [0.1, 0.15) is 74.2 Å². The third kappa shape index (κ3) is 8.25. The van der Waals surface area contributed by atoms with Gasteiger partial charge in [0.05, 0.1) is 41.7 Å². The summed E-state index contributed by atoms with van der Waals surface area (Å²) in [5.41, 5.74) is 9.78. The Labute approximate surface area is 388 Å². The first-order chi connectivity index (χ1) is 32.4. The van der Waals surface area contributed by atoms with Gasteiger partial charge in [0.2, 0.25) is 6.10 Å². The molecular weight excluding hydrogens is 851 g/mol. The first-order valence-electron chi connectivity index (χ1n) is 22.7. The molecule has 2 amide bonds. The van der Waals surface area contributed by atoms with Gasteiger partial charge in [-0.3, -0.25) is 33.9 Å². The van der Waals surface area contributed by atoms with Crippen molar-refractivity contribution in [3.63, 3.8) is 0 Å². The summed E-state index contributed by atoms with van der Waals surface area (Å²) >= 11 is 0. The van der Waals surface area contributed by atoms with Crippen LogP contribution in [-0.4, -0.2) is 88.0 Å². The third-order valence-electron chi connectivity index (χ3n) is 13.4. The number of carbonyl (C=O) groups excluding carboxylic acids is 5. The Bertz CT molecular complexity index is 2880. The predicted octanol–water partition coefficient (Wildman–Crippen LogP) is 7.53. The van der Waals surface area contributed by atoms with Crippen molar-refractivity contribution in [2.75, 3.05) is 53.9 Å². The first-order valence-corrected chi connectivity index (χ1v) is 22.7. The summed E-state index contributed by atoms with van der Waals surface area (Å²) < 4.78 is 24.2. The van der Waals surface area contributed by atoms with E-state index in [0.29, 0.717) is 60.0 Å². The molecule has 0 radical (unpaired) electrons. The second-order valence-electron chi connectivity index (χ2n) is 18.0. The zero-order valence-corrected chi connectivity index (χ0v) is 38.0. The van der Waals surface area contributed by atoms with E-state index in [1.54, 1.807) is 13.2 Å². The molecule has 4 heterocycles.